The van der Waals surface area contributed by atoms with Gasteiger partial charge >= 0.3 is 0 Å². The van der Waals surface area contributed by atoms with Gasteiger partial charge in [-0.25, -0.2) is 33.3 Å². The molecule has 190 valence electrons. The molecule has 1 atom stereocenters. The van der Waals surface area contributed by atoms with Crippen LogP contribution in [0.1, 0.15) is 37.6 Å². The third-order valence-corrected chi connectivity index (χ3v) is 8.77. The van der Waals surface area contributed by atoms with Crippen molar-refractivity contribution in [3.05, 3.63) is 54.0 Å². The molecule has 5 rings (SSSR count). The Labute approximate surface area is 210 Å². The van der Waals surface area contributed by atoms with Gasteiger partial charge in [-0.1, -0.05) is 6.92 Å². The summed E-state index contributed by atoms with van der Waals surface area (Å²) in [4.78, 5) is 25.9. The molecule has 0 bridgehead atoms. The molecule has 0 aliphatic carbocycles. The van der Waals surface area contributed by atoms with E-state index < -0.39 is 16.0 Å². The first-order valence-corrected chi connectivity index (χ1v) is 13.8. The number of anilines is 2. The Morgan fingerprint density at radius 1 is 1.00 bits per heavy atom. The van der Waals surface area contributed by atoms with Crippen LogP contribution in [-0.4, -0.2) is 76.1 Å². The zero-order valence-corrected chi connectivity index (χ0v) is 21.2. The number of aromatic nitrogens is 5. The lowest BCUT2D eigenvalue weighted by molar-refractivity contribution is 0.384. The highest BCUT2D eigenvalue weighted by atomic mass is 32.2. The van der Waals surface area contributed by atoms with Crippen molar-refractivity contribution in [1.29, 1.82) is 0 Å². The summed E-state index contributed by atoms with van der Waals surface area (Å²) >= 11 is 0. The number of fused-ring (bicyclic) bond motifs is 1. The van der Waals surface area contributed by atoms with Crippen LogP contribution in [0, 0.1) is 5.95 Å². The van der Waals surface area contributed by atoms with Crippen molar-refractivity contribution < 1.29 is 12.8 Å². The molecule has 1 fully saturated rings. The summed E-state index contributed by atoms with van der Waals surface area (Å²) in [5.74, 6) is 1.10. The Morgan fingerprint density at radius 2 is 1.75 bits per heavy atom. The van der Waals surface area contributed by atoms with Crippen molar-refractivity contribution in [2.45, 2.75) is 32.7 Å². The fourth-order valence-electron chi connectivity index (χ4n) is 4.81. The molecular weight excluding hydrogens is 483 g/mol. The maximum atomic E-state index is 14.7. The van der Waals surface area contributed by atoms with Crippen molar-refractivity contribution >= 4 is 21.5 Å². The van der Waals surface area contributed by atoms with Crippen molar-refractivity contribution in [2.75, 3.05) is 48.3 Å². The van der Waals surface area contributed by atoms with Gasteiger partial charge in [-0.3, -0.25) is 0 Å². The fraction of sp³-hybridized carbons (Fsp3) is 0.458. The second-order valence-electron chi connectivity index (χ2n) is 9.00. The zero-order chi connectivity index (χ0) is 25.3. The number of rotatable bonds is 6. The topological polar surface area (TPSA) is 108 Å². The summed E-state index contributed by atoms with van der Waals surface area (Å²) in [6.45, 7) is 6.30. The van der Waals surface area contributed by atoms with Crippen LogP contribution in [0.4, 0.5) is 15.9 Å². The second kappa shape index (κ2) is 10.0. The molecule has 12 heteroatoms. The highest BCUT2D eigenvalue weighted by Gasteiger charge is 2.30. The van der Waals surface area contributed by atoms with Crippen molar-refractivity contribution in [3.8, 4) is 11.6 Å². The number of hydrogen-bond donors (Lipinski definition) is 0. The van der Waals surface area contributed by atoms with E-state index in [1.54, 1.807) is 24.7 Å². The van der Waals surface area contributed by atoms with Gasteiger partial charge in [0.05, 0.1) is 17.5 Å². The third-order valence-electron chi connectivity index (χ3n) is 6.69. The Hall–Kier alpha value is -3.25. The van der Waals surface area contributed by atoms with Crippen LogP contribution in [0.2, 0.25) is 0 Å². The molecule has 0 aromatic carbocycles. The fourth-order valence-corrected chi connectivity index (χ4v) is 6.30. The van der Waals surface area contributed by atoms with Gasteiger partial charge in [-0.2, -0.15) is 8.70 Å². The molecule has 3 aromatic heterocycles. The van der Waals surface area contributed by atoms with E-state index in [-0.39, 0.29) is 11.8 Å². The molecule has 36 heavy (non-hydrogen) atoms. The molecule has 0 spiro atoms. The number of halogens is 1. The van der Waals surface area contributed by atoms with Crippen LogP contribution < -0.4 is 9.80 Å². The monoisotopic (exact) mass is 512 g/mol. The maximum Gasteiger partial charge on any atom is 0.216 e. The minimum absolute atomic E-state index is 0.0994. The maximum absolute atomic E-state index is 14.7. The zero-order valence-electron chi connectivity index (χ0n) is 20.4. The first-order chi connectivity index (χ1) is 17.4. The predicted molar refractivity (Wildman–Crippen MR) is 135 cm³/mol. The number of sulfonamides is 1. The van der Waals surface area contributed by atoms with Gasteiger partial charge in [0.2, 0.25) is 16.0 Å². The lowest BCUT2D eigenvalue weighted by Crippen LogP contribution is -2.49. The van der Waals surface area contributed by atoms with Crippen LogP contribution in [0.15, 0.2) is 36.8 Å². The normalized spacial score (nSPS) is 18.8. The first kappa shape index (κ1) is 24.4. The second-order valence-corrected chi connectivity index (χ2v) is 11.1. The minimum Gasteiger partial charge on any atom is -0.369 e. The molecule has 0 radical (unpaired) electrons. The smallest absolute Gasteiger partial charge is 0.216 e. The van der Waals surface area contributed by atoms with E-state index in [1.807, 2.05) is 24.8 Å². The lowest BCUT2D eigenvalue weighted by Gasteiger charge is -2.37. The van der Waals surface area contributed by atoms with Crippen molar-refractivity contribution in [1.82, 2.24) is 29.2 Å². The van der Waals surface area contributed by atoms with E-state index in [1.165, 1.54) is 10.4 Å². The van der Waals surface area contributed by atoms with E-state index >= 15 is 0 Å². The Balaban J connectivity index is 1.34. The molecule has 2 aliphatic rings. The molecule has 0 amide bonds. The summed E-state index contributed by atoms with van der Waals surface area (Å²) in [6, 6.07) is 4.94. The quantitative estimate of drug-likeness (QED) is 0.460. The number of nitrogens with zero attached hydrogens (tertiary/aromatic N) is 8. The highest BCUT2D eigenvalue weighted by molar-refractivity contribution is 7.89. The number of pyridine rings is 1. The van der Waals surface area contributed by atoms with Gasteiger partial charge in [0, 0.05) is 81.1 Å². The lowest BCUT2D eigenvalue weighted by atomic mass is 9.99. The standard InChI is InChI=1S/C24H29FN8O2S/c1-3-13-36(34,35)32-11-9-31(10-12-32)18-14-21(25)30-22(15-18)33-8-5-20-19(17(33)2)16-28-24(29-20)23-26-6-4-7-27-23/h4,6-7,14-17H,3,5,8-13H2,1-2H3. The predicted octanol–water partition coefficient (Wildman–Crippen LogP) is 2.45. The summed E-state index contributed by atoms with van der Waals surface area (Å²) in [6.07, 6.45) is 6.36. The number of hydrogen-bond acceptors (Lipinski definition) is 9. The Kier molecular flexibility index (Phi) is 6.80. The van der Waals surface area contributed by atoms with Gasteiger partial charge in [-0.15, -0.1) is 0 Å². The van der Waals surface area contributed by atoms with E-state index in [4.69, 9.17) is 4.98 Å². The molecule has 10 nitrogen and oxygen atoms in total. The molecule has 5 heterocycles. The molecule has 3 aromatic rings. The van der Waals surface area contributed by atoms with Gasteiger partial charge in [0.25, 0.3) is 0 Å². The highest BCUT2D eigenvalue weighted by Crippen LogP contribution is 2.34. The Bertz CT molecular complexity index is 1330. The van der Waals surface area contributed by atoms with E-state index in [0.717, 1.165) is 11.3 Å². The van der Waals surface area contributed by atoms with Crippen LogP contribution >= 0.6 is 0 Å². The summed E-state index contributed by atoms with van der Waals surface area (Å²) < 4.78 is 41.0. The summed E-state index contributed by atoms with van der Waals surface area (Å²) in [7, 11) is -3.24. The third kappa shape index (κ3) is 4.87. The van der Waals surface area contributed by atoms with E-state index in [9.17, 15) is 12.8 Å². The van der Waals surface area contributed by atoms with Gasteiger partial charge in [0.1, 0.15) is 5.82 Å². The van der Waals surface area contributed by atoms with Crippen molar-refractivity contribution in [3.63, 3.8) is 0 Å². The summed E-state index contributed by atoms with van der Waals surface area (Å²) in [5.41, 5.74) is 2.59. The molecule has 0 N–H and O–H groups in total. The molecule has 0 saturated carbocycles. The van der Waals surface area contributed by atoms with E-state index in [2.05, 4.69) is 24.8 Å². The minimum atomic E-state index is -3.24. The van der Waals surface area contributed by atoms with Crippen LogP contribution in [0.5, 0.6) is 0 Å². The molecule has 2 aliphatic heterocycles. The van der Waals surface area contributed by atoms with Crippen LogP contribution in [0.25, 0.3) is 11.6 Å². The van der Waals surface area contributed by atoms with Crippen LogP contribution in [-0.2, 0) is 16.4 Å². The van der Waals surface area contributed by atoms with Gasteiger partial charge < -0.3 is 9.80 Å². The van der Waals surface area contributed by atoms with E-state index in [0.29, 0.717) is 68.7 Å². The molecule has 1 saturated heterocycles. The summed E-state index contributed by atoms with van der Waals surface area (Å²) in [5, 5.41) is 0. The van der Waals surface area contributed by atoms with Gasteiger partial charge in [-0.05, 0) is 19.4 Å². The molecule has 1 unspecified atom stereocenters. The number of piperazine rings is 1. The SMILES string of the molecule is CCCS(=O)(=O)N1CCN(c2cc(F)nc(N3CCc4nc(-c5ncccn5)ncc4C3C)c2)CC1. The van der Waals surface area contributed by atoms with Crippen LogP contribution in [0.3, 0.4) is 0 Å². The average Bonchev–Trinajstić information content (AvgIpc) is 2.89. The van der Waals surface area contributed by atoms with Gasteiger partial charge in [0.15, 0.2) is 11.6 Å². The average molecular weight is 513 g/mol. The van der Waals surface area contributed by atoms with Crippen molar-refractivity contribution in [2.24, 2.45) is 0 Å². The molecular formula is C24H29FN8O2S. The Morgan fingerprint density at radius 3 is 2.47 bits per heavy atom. The largest absolute Gasteiger partial charge is 0.369 e. The first-order valence-electron chi connectivity index (χ1n) is 12.2.